The summed E-state index contributed by atoms with van der Waals surface area (Å²) < 4.78 is 43.0. The Labute approximate surface area is 135 Å². The molecule has 0 atom stereocenters. The number of allylic oxidation sites excluding steroid dienone is 2. The third kappa shape index (κ3) is 4.61. The van der Waals surface area contributed by atoms with E-state index in [0.29, 0.717) is 5.76 Å². The average Bonchev–Trinajstić information content (AvgIpc) is 3.04. The molecule has 0 aliphatic rings. The molecule has 122 valence electrons. The molecule has 0 unspecified atom stereocenters. The number of rotatable bonds is 4. The van der Waals surface area contributed by atoms with E-state index < -0.39 is 17.6 Å². The van der Waals surface area contributed by atoms with Crippen LogP contribution in [0.4, 0.5) is 18.9 Å². The number of anilines is 1. The van der Waals surface area contributed by atoms with Crippen molar-refractivity contribution in [2.24, 2.45) is 0 Å². The lowest BCUT2D eigenvalue weighted by molar-refractivity contribution is -0.137. The Hall–Kier alpha value is -3.27. The number of hydrogen-bond acceptors (Lipinski definition) is 3. The predicted octanol–water partition coefficient (Wildman–Crippen LogP) is 4.40. The van der Waals surface area contributed by atoms with Gasteiger partial charge in [-0.3, -0.25) is 4.79 Å². The first-order chi connectivity index (χ1) is 11.4. The van der Waals surface area contributed by atoms with Gasteiger partial charge in [-0.1, -0.05) is 12.1 Å². The van der Waals surface area contributed by atoms with E-state index in [1.54, 1.807) is 18.2 Å². The fourth-order valence-corrected chi connectivity index (χ4v) is 1.76. The molecule has 0 fully saturated rings. The van der Waals surface area contributed by atoms with Crippen LogP contribution < -0.4 is 5.32 Å². The number of alkyl halides is 3. The summed E-state index contributed by atoms with van der Waals surface area (Å²) >= 11 is 0. The van der Waals surface area contributed by atoms with Crippen LogP contribution in [0.5, 0.6) is 0 Å². The fraction of sp³-hybridized carbons (Fsp3) is 0.0588. The Morgan fingerprint density at radius 2 is 2.04 bits per heavy atom. The van der Waals surface area contributed by atoms with E-state index in [-0.39, 0.29) is 11.3 Å². The highest BCUT2D eigenvalue weighted by Crippen LogP contribution is 2.30. The Morgan fingerprint density at radius 1 is 1.25 bits per heavy atom. The average molecular weight is 332 g/mol. The zero-order valence-corrected chi connectivity index (χ0v) is 12.2. The molecule has 4 nitrogen and oxygen atoms in total. The van der Waals surface area contributed by atoms with Crippen LogP contribution in [0.3, 0.4) is 0 Å². The second-order valence-corrected chi connectivity index (χ2v) is 4.60. The lowest BCUT2D eigenvalue weighted by Crippen LogP contribution is -2.14. The van der Waals surface area contributed by atoms with Gasteiger partial charge in [-0.2, -0.15) is 18.4 Å². The number of halogens is 3. The molecule has 24 heavy (non-hydrogen) atoms. The highest BCUT2D eigenvalue weighted by molar-refractivity contribution is 6.06. The molecule has 1 aromatic heterocycles. The third-order valence-electron chi connectivity index (χ3n) is 2.88. The van der Waals surface area contributed by atoms with Crippen LogP contribution in [0.1, 0.15) is 11.3 Å². The molecule has 2 aromatic rings. The SMILES string of the molecule is N#C/C(=C/C=C/c1ccco1)C(=O)Nc1cccc(C(F)(F)F)c1. The smallest absolute Gasteiger partial charge is 0.416 e. The topological polar surface area (TPSA) is 66.0 Å². The fourth-order valence-electron chi connectivity index (χ4n) is 1.76. The van der Waals surface area contributed by atoms with Gasteiger partial charge in [-0.25, -0.2) is 0 Å². The largest absolute Gasteiger partial charge is 0.465 e. The van der Waals surface area contributed by atoms with Crippen LogP contribution in [-0.2, 0) is 11.0 Å². The summed E-state index contributed by atoms with van der Waals surface area (Å²) in [6.45, 7) is 0. The van der Waals surface area contributed by atoms with Crippen molar-refractivity contribution in [3.05, 3.63) is 71.7 Å². The Bertz CT molecular complexity index is 813. The Balaban J connectivity index is 2.11. The molecule has 0 bridgehead atoms. The minimum absolute atomic E-state index is 0.0500. The van der Waals surface area contributed by atoms with Gasteiger partial charge in [0.2, 0.25) is 0 Å². The molecular formula is C17H11F3N2O2. The van der Waals surface area contributed by atoms with Gasteiger partial charge in [0, 0.05) is 5.69 Å². The number of amides is 1. The molecule has 0 saturated heterocycles. The molecule has 1 aromatic carbocycles. The number of nitrogens with one attached hydrogen (secondary N) is 1. The van der Waals surface area contributed by atoms with Gasteiger partial charge in [-0.05, 0) is 42.5 Å². The van der Waals surface area contributed by atoms with E-state index in [4.69, 9.17) is 9.68 Å². The van der Waals surface area contributed by atoms with Crippen LogP contribution in [0, 0.1) is 11.3 Å². The quantitative estimate of drug-likeness (QED) is 0.513. The first-order valence-corrected chi connectivity index (χ1v) is 6.71. The molecule has 7 heteroatoms. The third-order valence-corrected chi connectivity index (χ3v) is 2.88. The zero-order valence-electron chi connectivity index (χ0n) is 12.2. The van der Waals surface area contributed by atoms with Gasteiger partial charge in [0.1, 0.15) is 17.4 Å². The second-order valence-electron chi connectivity index (χ2n) is 4.60. The first-order valence-electron chi connectivity index (χ1n) is 6.71. The number of carbonyl (C=O) groups excluding carboxylic acids is 1. The maximum Gasteiger partial charge on any atom is 0.416 e. The zero-order chi connectivity index (χ0) is 17.6. The van der Waals surface area contributed by atoms with Crippen molar-refractivity contribution in [3.8, 4) is 6.07 Å². The summed E-state index contributed by atoms with van der Waals surface area (Å²) in [6.07, 6.45) is 1.17. The molecule has 0 aliphatic carbocycles. The van der Waals surface area contributed by atoms with E-state index >= 15 is 0 Å². The molecule has 1 N–H and O–H groups in total. The lowest BCUT2D eigenvalue weighted by atomic mass is 10.2. The number of nitrogens with zero attached hydrogens (tertiary/aromatic N) is 1. The monoisotopic (exact) mass is 332 g/mol. The van der Waals surface area contributed by atoms with Gasteiger partial charge >= 0.3 is 6.18 Å². The second kappa shape index (κ2) is 7.33. The van der Waals surface area contributed by atoms with Crippen LogP contribution >= 0.6 is 0 Å². The summed E-state index contributed by atoms with van der Waals surface area (Å²) in [6, 6.07) is 9.21. The van der Waals surface area contributed by atoms with Gasteiger partial charge in [0.25, 0.3) is 5.91 Å². The van der Waals surface area contributed by atoms with E-state index in [1.165, 1.54) is 36.6 Å². The molecule has 0 spiro atoms. The summed E-state index contributed by atoms with van der Waals surface area (Å²) in [5.41, 5.74) is -1.19. The molecule has 0 saturated carbocycles. The first kappa shape index (κ1) is 17.1. The molecule has 0 radical (unpaired) electrons. The molecule has 1 heterocycles. The predicted molar refractivity (Wildman–Crippen MR) is 81.5 cm³/mol. The summed E-state index contributed by atoms with van der Waals surface area (Å²) in [7, 11) is 0. The van der Waals surface area contributed by atoms with Gasteiger partial charge in [-0.15, -0.1) is 0 Å². The summed E-state index contributed by atoms with van der Waals surface area (Å²) in [5.74, 6) is -0.275. The van der Waals surface area contributed by atoms with Crippen molar-refractivity contribution < 1.29 is 22.4 Å². The van der Waals surface area contributed by atoms with Crippen molar-refractivity contribution in [3.63, 3.8) is 0 Å². The van der Waals surface area contributed by atoms with Crippen molar-refractivity contribution in [1.29, 1.82) is 5.26 Å². The standard InChI is InChI=1S/C17H11F3N2O2/c18-17(19,20)13-5-2-6-14(10-13)22-16(23)12(11-21)4-1-7-15-8-3-9-24-15/h1-10H,(H,22,23)/b7-1+,12-4-. The molecule has 1 amide bonds. The van der Waals surface area contributed by atoms with Crippen molar-refractivity contribution in [2.45, 2.75) is 6.18 Å². The number of carbonyl (C=O) groups is 1. The van der Waals surface area contributed by atoms with Gasteiger partial charge in [0.15, 0.2) is 0 Å². The van der Waals surface area contributed by atoms with Crippen molar-refractivity contribution in [2.75, 3.05) is 5.32 Å². The Morgan fingerprint density at radius 3 is 2.67 bits per heavy atom. The van der Waals surface area contributed by atoms with E-state index in [0.717, 1.165) is 12.1 Å². The van der Waals surface area contributed by atoms with Crippen LogP contribution in [0.2, 0.25) is 0 Å². The van der Waals surface area contributed by atoms with Crippen LogP contribution in [-0.4, -0.2) is 5.91 Å². The molecular weight excluding hydrogens is 321 g/mol. The van der Waals surface area contributed by atoms with E-state index in [1.807, 2.05) is 0 Å². The Kier molecular flexibility index (Phi) is 5.22. The van der Waals surface area contributed by atoms with Crippen LogP contribution in [0.15, 0.2) is 64.8 Å². The molecule has 0 aliphatic heterocycles. The summed E-state index contributed by atoms with van der Waals surface area (Å²) in [5, 5.41) is 11.3. The number of benzene rings is 1. The number of hydrogen-bond donors (Lipinski definition) is 1. The van der Waals surface area contributed by atoms with E-state index in [2.05, 4.69) is 5.32 Å². The minimum atomic E-state index is -4.51. The van der Waals surface area contributed by atoms with Crippen LogP contribution in [0.25, 0.3) is 6.08 Å². The van der Waals surface area contributed by atoms with Crippen molar-refractivity contribution >= 4 is 17.7 Å². The van der Waals surface area contributed by atoms with Gasteiger partial charge < -0.3 is 9.73 Å². The van der Waals surface area contributed by atoms with Gasteiger partial charge in [0.05, 0.1) is 11.8 Å². The normalized spacial score (nSPS) is 12.2. The minimum Gasteiger partial charge on any atom is -0.465 e. The van der Waals surface area contributed by atoms with E-state index in [9.17, 15) is 18.0 Å². The number of nitriles is 1. The maximum absolute atomic E-state index is 12.6. The summed E-state index contributed by atoms with van der Waals surface area (Å²) in [4.78, 5) is 12.0. The highest BCUT2D eigenvalue weighted by atomic mass is 19.4. The number of furan rings is 1. The highest BCUT2D eigenvalue weighted by Gasteiger charge is 2.30. The molecule has 2 rings (SSSR count). The van der Waals surface area contributed by atoms with Crippen molar-refractivity contribution in [1.82, 2.24) is 0 Å². The lowest BCUT2D eigenvalue weighted by Gasteiger charge is -2.09. The maximum atomic E-state index is 12.6.